The number of carbonyl (C=O) groups is 1. The van der Waals surface area contributed by atoms with Crippen LogP contribution in [-0.4, -0.2) is 5.78 Å². The first kappa shape index (κ1) is 9.50. The van der Waals surface area contributed by atoms with E-state index in [9.17, 15) is 4.79 Å². The summed E-state index contributed by atoms with van der Waals surface area (Å²) in [6, 6.07) is 0. The van der Waals surface area contributed by atoms with E-state index in [4.69, 9.17) is 0 Å². The Hall–Kier alpha value is -0.590. The molecule has 1 nitrogen and oxygen atoms in total. The number of allylic oxidation sites excluding steroid dienone is 2. The second-order valence-corrected chi connectivity index (χ2v) is 3.73. The summed E-state index contributed by atoms with van der Waals surface area (Å²) in [6.45, 7) is 2.19. The fourth-order valence-electron chi connectivity index (χ4n) is 1.52. The zero-order valence-electron chi connectivity index (χ0n) is 7.88. The number of Topliss-reactive ketones (excluding diaryl/α,β-unsaturated/α-hetero) is 1. The van der Waals surface area contributed by atoms with E-state index < -0.39 is 0 Å². The van der Waals surface area contributed by atoms with Crippen LogP contribution in [0.4, 0.5) is 0 Å². The first-order chi connectivity index (χ1) is 5.79. The normalized spacial score (nSPS) is 29.8. The van der Waals surface area contributed by atoms with Gasteiger partial charge in [0.1, 0.15) is 5.78 Å². The molecule has 0 aromatic rings. The number of hydrogen-bond donors (Lipinski definition) is 0. The third-order valence-corrected chi connectivity index (χ3v) is 2.42. The van der Waals surface area contributed by atoms with Crippen molar-refractivity contribution in [3.05, 3.63) is 12.2 Å². The standard InChI is InChI=1S/C11H18O/c1-10-6-4-2-3-5-7-11(12)9-8-10/h4,6,10H,2-3,5,7-9H2,1H3/b6-4+. The quantitative estimate of drug-likeness (QED) is 0.505. The number of hydrogen-bond acceptors (Lipinski definition) is 1. The third-order valence-electron chi connectivity index (χ3n) is 2.42. The van der Waals surface area contributed by atoms with Crippen molar-refractivity contribution >= 4 is 5.78 Å². The van der Waals surface area contributed by atoms with Crippen molar-refractivity contribution in [1.82, 2.24) is 0 Å². The van der Waals surface area contributed by atoms with Crippen LogP contribution >= 0.6 is 0 Å². The van der Waals surface area contributed by atoms with Crippen LogP contribution in [0.1, 0.15) is 45.4 Å². The zero-order valence-corrected chi connectivity index (χ0v) is 7.88. The highest BCUT2D eigenvalue weighted by molar-refractivity contribution is 5.78. The molecule has 0 amide bonds. The summed E-state index contributed by atoms with van der Waals surface area (Å²) in [4.78, 5) is 11.2. The van der Waals surface area contributed by atoms with Crippen LogP contribution in [0, 0.1) is 5.92 Å². The average molecular weight is 166 g/mol. The fraction of sp³-hybridized carbons (Fsp3) is 0.727. The maximum Gasteiger partial charge on any atom is 0.132 e. The van der Waals surface area contributed by atoms with Gasteiger partial charge in [-0.2, -0.15) is 0 Å². The van der Waals surface area contributed by atoms with Gasteiger partial charge in [0.15, 0.2) is 0 Å². The molecule has 0 aromatic heterocycles. The van der Waals surface area contributed by atoms with Crippen LogP contribution in [0.3, 0.4) is 0 Å². The van der Waals surface area contributed by atoms with Crippen LogP contribution in [-0.2, 0) is 4.79 Å². The van der Waals surface area contributed by atoms with Gasteiger partial charge in [0.25, 0.3) is 0 Å². The molecular formula is C11H18O. The van der Waals surface area contributed by atoms with Gasteiger partial charge in [-0.15, -0.1) is 0 Å². The molecular weight excluding hydrogens is 148 g/mol. The number of carbonyl (C=O) groups excluding carboxylic acids is 1. The molecule has 0 N–H and O–H groups in total. The Bertz CT molecular complexity index is 170. The van der Waals surface area contributed by atoms with Gasteiger partial charge in [0.2, 0.25) is 0 Å². The molecule has 1 atom stereocenters. The van der Waals surface area contributed by atoms with Crippen molar-refractivity contribution < 1.29 is 4.79 Å². The van der Waals surface area contributed by atoms with Gasteiger partial charge >= 0.3 is 0 Å². The Labute approximate surface area is 74.9 Å². The molecule has 68 valence electrons. The lowest BCUT2D eigenvalue weighted by Gasteiger charge is -2.07. The summed E-state index contributed by atoms with van der Waals surface area (Å²) in [5.74, 6) is 1.05. The molecule has 0 saturated carbocycles. The molecule has 0 heterocycles. The monoisotopic (exact) mass is 166 g/mol. The van der Waals surface area contributed by atoms with Crippen LogP contribution in [0.5, 0.6) is 0 Å². The summed E-state index contributed by atoms with van der Waals surface area (Å²) < 4.78 is 0. The average Bonchev–Trinajstić information content (AvgIpc) is 2.07. The molecule has 0 spiro atoms. The molecule has 1 aliphatic rings. The van der Waals surface area contributed by atoms with Crippen molar-refractivity contribution in [2.24, 2.45) is 5.92 Å². The summed E-state index contributed by atoms with van der Waals surface area (Å²) in [6.07, 6.45) is 10.5. The fourth-order valence-corrected chi connectivity index (χ4v) is 1.52. The number of rotatable bonds is 0. The topological polar surface area (TPSA) is 17.1 Å². The van der Waals surface area contributed by atoms with Gasteiger partial charge in [0, 0.05) is 12.8 Å². The van der Waals surface area contributed by atoms with E-state index in [-0.39, 0.29) is 0 Å². The summed E-state index contributed by atoms with van der Waals surface area (Å²) >= 11 is 0. The minimum atomic E-state index is 0.456. The Morgan fingerprint density at radius 3 is 3.00 bits per heavy atom. The molecule has 0 fully saturated rings. The highest BCUT2D eigenvalue weighted by Gasteiger charge is 2.05. The third kappa shape index (κ3) is 3.70. The van der Waals surface area contributed by atoms with E-state index in [0.29, 0.717) is 11.7 Å². The van der Waals surface area contributed by atoms with Crippen molar-refractivity contribution in [2.45, 2.75) is 45.4 Å². The lowest BCUT2D eigenvalue weighted by molar-refractivity contribution is -0.119. The van der Waals surface area contributed by atoms with E-state index in [0.717, 1.165) is 32.1 Å². The molecule has 1 unspecified atom stereocenters. The lowest BCUT2D eigenvalue weighted by Crippen LogP contribution is -2.02. The molecule has 1 heteroatoms. The van der Waals surface area contributed by atoms with Crippen molar-refractivity contribution in [3.63, 3.8) is 0 Å². The first-order valence-electron chi connectivity index (χ1n) is 4.97. The second-order valence-electron chi connectivity index (χ2n) is 3.73. The summed E-state index contributed by atoms with van der Waals surface area (Å²) in [5, 5.41) is 0. The smallest absolute Gasteiger partial charge is 0.132 e. The Morgan fingerprint density at radius 1 is 1.33 bits per heavy atom. The van der Waals surface area contributed by atoms with Crippen LogP contribution < -0.4 is 0 Å². The van der Waals surface area contributed by atoms with Gasteiger partial charge in [-0.1, -0.05) is 19.1 Å². The molecule has 12 heavy (non-hydrogen) atoms. The van der Waals surface area contributed by atoms with Crippen LogP contribution in [0.25, 0.3) is 0 Å². The van der Waals surface area contributed by atoms with Gasteiger partial charge < -0.3 is 0 Å². The Kier molecular flexibility index (Phi) is 4.06. The Balaban J connectivity index is 2.40. The molecule has 1 rings (SSSR count). The van der Waals surface area contributed by atoms with Crippen molar-refractivity contribution in [3.8, 4) is 0 Å². The van der Waals surface area contributed by atoms with Gasteiger partial charge in [-0.25, -0.2) is 0 Å². The molecule has 0 saturated heterocycles. The van der Waals surface area contributed by atoms with Crippen molar-refractivity contribution in [2.75, 3.05) is 0 Å². The SMILES string of the molecule is CC1/C=C/CCCCC(=O)CC1. The van der Waals surface area contributed by atoms with Crippen molar-refractivity contribution in [1.29, 1.82) is 0 Å². The molecule has 0 bridgehead atoms. The minimum absolute atomic E-state index is 0.456. The van der Waals surface area contributed by atoms with E-state index in [1.54, 1.807) is 0 Å². The van der Waals surface area contributed by atoms with E-state index in [1.165, 1.54) is 6.42 Å². The second kappa shape index (κ2) is 5.13. The van der Waals surface area contributed by atoms with E-state index >= 15 is 0 Å². The lowest BCUT2D eigenvalue weighted by atomic mass is 9.98. The van der Waals surface area contributed by atoms with E-state index in [2.05, 4.69) is 19.1 Å². The predicted molar refractivity (Wildman–Crippen MR) is 51.0 cm³/mol. The molecule has 1 aliphatic carbocycles. The summed E-state index contributed by atoms with van der Waals surface area (Å²) in [7, 11) is 0. The minimum Gasteiger partial charge on any atom is -0.300 e. The number of ketones is 1. The van der Waals surface area contributed by atoms with Gasteiger partial charge in [0.05, 0.1) is 0 Å². The van der Waals surface area contributed by atoms with Crippen LogP contribution in [0.2, 0.25) is 0 Å². The van der Waals surface area contributed by atoms with Gasteiger partial charge in [-0.3, -0.25) is 4.79 Å². The molecule has 0 aliphatic heterocycles. The maximum atomic E-state index is 11.2. The van der Waals surface area contributed by atoms with Gasteiger partial charge in [-0.05, 0) is 31.6 Å². The highest BCUT2D eigenvalue weighted by Crippen LogP contribution is 2.13. The molecule has 0 aromatic carbocycles. The highest BCUT2D eigenvalue weighted by atomic mass is 16.1. The summed E-state index contributed by atoms with van der Waals surface area (Å²) in [5.41, 5.74) is 0. The largest absolute Gasteiger partial charge is 0.300 e. The first-order valence-corrected chi connectivity index (χ1v) is 4.97. The Morgan fingerprint density at radius 2 is 2.17 bits per heavy atom. The zero-order chi connectivity index (χ0) is 8.81. The van der Waals surface area contributed by atoms with E-state index in [1.807, 2.05) is 0 Å². The van der Waals surface area contributed by atoms with Crippen LogP contribution in [0.15, 0.2) is 12.2 Å². The molecule has 0 radical (unpaired) electrons. The maximum absolute atomic E-state index is 11.2. The predicted octanol–water partition coefficient (Wildman–Crippen LogP) is 3.10.